The number of methoxy groups -OCH3 is 1. The number of rotatable bonds is 14. The van der Waals surface area contributed by atoms with Crippen LogP contribution in [0, 0.1) is 11.3 Å². The minimum atomic E-state index is -0.0856. The van der Waals surface area contributed by atoms with Gasteiger partial charge in [0.05, 0.1) is 51.8 Å². The third kappa shape index (κ3) is 10.1. The van der Waals surface area contributed by atoms with Crippen molar-refractivity contribution in [1.29, 1.82) is 5.26 Å². The second kappa shape index (κ2) is 12.1. The first-order valence-corrected chi connectivity index (χ1v) is 7.24. The first-order valence-electron chi connectivity index (χ1n) is 7.24. The van der Waals surface area contributed by atoms with E-state index in [1.807, 2.05) is 0 Å². The van der Waals surface area contributed by atoms with Crippen molar-refractivity contribution in [3.8, 4) is 6.07 Å². The van der Waals surface area contributed by atoms with Gasteiger partial charge in [-0.1, -0.05) is 0 Å². The molecule has 1 rings (SSSR count). The maximum Gasteiger partial charge on any atom is 0.0977 e. The molecular weight excluding hydrogens is 260 g/mol. The predicted octanol–water partition coefficient (Wildman–Crippen LogP) is 0.717. The van der Waals surface area contributed by atoms with Crippen LogP contribution >= 0.6 is 0 Å². The van der Waals surface area contributed by atoms with Crippen molar-refractivity contribution < 1.29 is 18.9 Å². The molecule has 1 fully saturated rings. The molecule has 0 aromatic heterocycles. The summed E-state index contributed by atoms with van der Waals surface area (Å²) in [4.78, 5) is 0. The summed E-state index contributed by atoms with van der Waals surface area (Å²) in [7, 11) is 1.65. The van der Waals surface area contributed by atoms with E-state index in [1.54, 1.807) is 7.11 Å². The topological polar surface area (TPSA) is 72.7 Å². The van der Waals surface area contributed by atoms with Gasteiger partial charge in [0.15, 0.2) is 0 Å². The Bertz CT molecular complexity index is 266. The molecule has 1 saturated carbocycles. The predicted molar refractivity (Wildman–Crippen MR) is 74.5 cm³/mol. The molecule has 0 spiro atoms. The van der Waals surface area contributed by atoms with E-state index in [0.29, 0.717) is 52.3 Å². The first-order chi connectivity index (χ1) is 9.86. The Kier molecular flexibility index (Phi) is 10.5. The fraction of sp³-hybridized carbons (Fsp3) is 0.929. The molecular formula is C14H26N2O4. The Morgan fingerprint density at radius 1 is 1.00 bits per heavy atom. The lowest BCUT2D eigenvalue weighted by molar-refractivity contribution is 0.00303. The Balaban J connectivity index is 1.76. The van der Waals surface area contributed by atoms with E-state index in [1.165, 1.54) is 12.8 Å². The van der Waals surface area contributed by atoms with Gasteiger partial charge < -0.3 is 18.9 Å². The summed E-state index contributed by atoms with van der Waals surface area (Å²) in [5, 5.41) is 12.2. The van der Waals surface area contributed by atoms with Crippen molar-refractivity contribution in [2.45, 2.75) is 31.3 Å². The van der Waals surface area contributed by atoms with Gasteiger partial charge in [-0.15, -0.1) is 0 Å². The summed E-state index contributed by atoms with van der Waals surface area (Å²) in [6.45, 7) is 4.05. The molecule has 1 unspecified atom stereocenters. The quantitative estimate of drug-likeness (QED) is 0.474. The molecule has 0 aromatic rings. The maximum absolute atomic E-state index is 8.95. The van der Waals surface area contributed by atoms with Gasteiger partial charge in [-0.05, 0) is 19.3 Å². The van der Waals surface area contributed by atoms with Crippen LogP contribution in [0.15, 0.2) is 0 Å². The minimum absolute atomic E-state index is 0.0856. The highest BCUT2D eigenvalue weighted by Crippen LogP contribution is 2.19. The number of ether oxygens (including phenoxy) is 4. The second-order valence-electron chi connectivity index (χ2n) is 4.74. The largest absolute Gasteiger partial charge is 0.382 e. The van der Waals surface area contributed by atoms with Crippen LogP contribution in [0.3, 0.4) is 0 Å². The molecule has 0 aliphatic heterocycles. The second-order valence-corrected chi connectivity index (χ2v) is 4.74. The lowest BCUT2D eigenvalue weighted by Crippen LogP contribution is -2.30. The molecule has 0 bridgehead atoms. The van der Waals surface area contributed by atoms with Crippen molar-refractivity contribution >= 4 is 0 Å². The van der Waals surface area contributed by atoms with Crippen molar-refractivity contribution in [2.75, 3.05) is 53.4 Å². The normalized spacial score (nSPS) is 16.0. The highest BCUT2D eigenvalue weighted by molar-refractivity contribution is 4.95. The van der Waals surface area contributed by atoms with Crippen LogP contribution in [-0.4, -0.2) is 65.4 Å². The van der Waals surface area contributed by atoms with Gasteiger partial charge in [0.25, 0.3) is 0 Å². The average Bonchev–Trinajstić information content (AvgIpc) is 3.27. The van der Waals surface area contributed by atoms with E-state index in [9.17, 15) is 0 Å². The van der Waals surface area contributed by atoms with E-state index < -0.39 is 0 Å². The van der Waals surface area contributed by atoms with Crippen LogP contribution in [0.2, 0.25) is 0 Å². The molecule has 0 radical (unpaired) electrons. The van der Waals surface area contributed by atoms with Gasteiger partial charge in [-0.25, -0.2) is 0 Å². The molecule has 6 heteroatoms. The third-order valence-corrected chi connectivity index (χ3v) is 2.90. The van der Waals surface area contributed by atoms with Crippen molar-refractivity contribution in [3.05, 3.63) is 0 Å². The lowest BCUT2D eigenvalue weighted by atomic mass is 10.2. The Morgan fingerprint density at radius 2 is 1.55 bits per heavy atom. The summed E-state index contributed by atoms with van der Waals surface area (Å²) < 4.78 is 20.9. The van der Waals surface area contributed by atoms with Gasteiger partial charge in [0.1, 0.15) is 0 Å². The Morgan fingerprint density at radius 3 is 2.05 bits per heavy atom. The van der Waals surface area contributed by atoms with E-state index in [0.717, 1.165) is 6.42 Å². The van der Waals surface area contributed by atoms with Gasteiger partial charge in [0, 0.05) is 19.8 Å². The fourth-order valence-corrected chi connectivity index (χ4v) is 1.61. The van der Waals surface area contributed by atoms with E-state index in [4.69, 9.17) is 24.2 Å². The van der Waals surface area contributed by atoms with E-state index in [2.05, 4.69) is 11.4 Å². The van der Waals surface area contributed by atoms with Crippen LogP contribution in [-0.2, 0) is 18.9 Å². The van der Waals surface area contributed by atoms with E-state index in [-0.39, 0.29) is 6.04 Å². The number of nitriles is 1. The highest BCUT2D eigenvalue weighted by atomic mass is 16.6. The lowest BCUT2D eigenvalue weighted by Gasteiger charge is -2.11. The summed E-state index contributed by atoms with van der Waals surface area (Å²) in [5.74, 6) is 0. The molecule has 1 N–H and O–H groups in total. The van der Waals surface area contributed by atoms with Gasteiger partial charge in [-0.3, -0.25) is 5.32 Å². The zero-order chi connectivity index (χ0) is 14.5. The summed E-state index contributed by atoms with van der Waals surface area (Å²) >= 11 is 0. The smallest absolute Gasteiger partial charge is 0.0977 e. The molecule has 1 atom stereocenters. The van der Waals surface area contributed by atoms with Crippen LogP contribution in [0.25, 0.3) is 0 Å². The van der Waals surface area contributed by atoms with Gasteiger partial charge >= 0.3 is 0 Å². The van der Waals surface area contributed by atoms with Crippen LogP contribution in [0.5, 0.6) is 0 Å². The molecule has 0 amide bonds. The van der Waals surface area contributed by atoms with Crippen LogP contribution in [0.4, 0.5) is 0 Å². The maximum atomic E-state index is 8.95. The Labute approximate surface area is 121 Å². The first kappa shape index (κ1) is 17.3. The van der Waals surface area contributed by atoms with Crippen molar-refractivity contribution in [1.82, 2.24) is 5.32 Å². The number of hydrogen-bond donors (Lipinski definition) is 1. The SMILES string of the molecule is COCCOCCOCCOCCC(C#N)NC1CC1. The van der Waals surface area contributed by atoms with Gasteiger partial charge in [0.2, 0.25) is 0 Å². The van der Waals surface area contributed by atoms with E-state index >= 15 is 0 Å². The standard InChI is InChI=1S/C14H26N2O4/c1-17-6-7-19-10-11-20-9-8-18-5-4-14(12-15)16-13-2-3-13/h13-14,16H,2-11H2,1H3. The third-order valence-electron chi connectivity index (χ3n) is 2.90. The monoisotopic (exact) mass is 286 g/mol. The molecule has 1 aliphatic carbocycles. The highest BCUT2D eigenvalue weighted by Gasteiger charge is 2.24. The van der Waals surface area contributed by atoms with Gasteiger partial charge in [-0.2, -0.15) is 5.26 Å². The molecule has 1 aliphatic rings. The molecule has 0 heterocycles. The molecule has 0 saturated heterocycles. The van der Waals surface area contributed by atoms with Crippen molar-refractivity contribution in [3.63, 3.8) is 0 Å². The van der Waals surface area contributed by atoms with Crippen LogP contribution < -0.4 is 5.32 Å². The molecule has 20 heavy (non-hydrogen) atoms. The minimum Gasteiger partial charge on any atom is -0.382 e. The summed E-state index contributed by atoms with van der Waals surface area (Å²) in [5.41, 5.74) is 0. The molecule has 116 valence electrons. The summed E-state index contributed by atoms with van der Waals surface area (Å²) in [6, 6.07) is 2.73. The number of nitrogens with one attached hydrogen (secondary N) is 1. The zero-order valence-electron chi connectivity index (χ0n) is 12.3. The Hall–Kier alpha value is -0.710. The number of nitrogens with zero attached hydrogens (tertiary/aromatic N) is 1. The zero-order valence-corrected chi connectivity index (χ0v) is 12.3. The average molecular weight is 286 g/mol. The van der Waals surface area contributed by atoms with Crippen LogP contribution in [0.1, 0.15) is 19.3 Å². The molecule has 6 nitrogen and oxygen atoms in total. The van der Waals surface area contributed by atoms with Crippen molar-refractivity contribution in [2.24, 2.45) is 0 Å². The number of hydrogen-bond acceptors (Lipinski definition) is 6. The summed E-state index contributed by atoms with van der Waals surface area (Å²) in [6.07, 6.45) is 3.12. The fourth-order valence-electron chi connectivity index (χ4n) is 1.61. The molecule has 0 aromatic carbocycles.